The van der Waals surface area contributed by atoms with Crippen LogP contribution in [0.4, 0.5) is 0 Å². The molecule has 25 heavy (non-hydrogen) atoms. The fourth-order valence-corrected chi connectivity index (χ4v) is 7.53. The second-order valence-electron chi connectivity index (χ2n) is 7.98. The van der Waals surface area contributed by atoms with E-state index in [1.54, 1.807) is 0 Å². The molecule has 0 atom stereocenters. The minimum Gasteiger partial charge on any atom is -0.139 e. The van der Waals surface area contributed by atoms with Crippen LogP contribution >= 0.6 is 49.9 Å². The van der Waals surface area contributed by atoms with Gasteiger partial charge in [-0.3, -0.25) is 0 Å². The van der Waals surface area contributed by atoms with Gasteiger partial charge in [0.15, 0.2) is 0 Å². The van der Waals surface area contributed by atoms with E-state index < -0.39 is 0 Å². The fraction of sp³-hybridized carbons (Fsp3) is 0.429. The summed E-state index contributed by atoms with van der Waals surface area (Å²) in [5.41, 5.74) is 2.99. The Bertz CT molecular complexity index is 900. The lowest BCUT2D eigenvalue weighted by atomic mass is 9.94. The number of halogens is 1. The maximum Gasteiger partial charge on any atom is 0.0594 e. The monoisotopic (exact) mass is 452 g/mol. The quantitative estimate of drug-likeness (QED) is 0.371. The molecule has 0 unspecified atom stereocenters. The molecule has 0 saturated carbocycles. The molecule has 0 radical (unpaired) electrons. The van der Waals surface area contributed by atoms with Crippen LogP contribution in [-0.2, 0) is 5.41 Å². The van der Waals surface area contributed by atoms with Crippen LogP contribution in [0.3, 0.4) is 0 Å². The van der Waals surface area contributed by atoms with Crippen molar-refractivity contribution in [3.05, 3.63) is 43.6 Å². The van der Waals surface area contributed by atoms with Gasteiger partial charge in [0.25, 0.3) is 0 Å². The Kier molecular flexibility index (Phi) is 5.38. The molecule has 0 spiro atoms. The van der Waals surface area contributed by atoms with E-state index in [1.165, 1.54) is 44.9 Å². The zero-order valence-electron chi connectivity index (χ0n) is 15.9. The largest absolute Gasteiger partial charge is 0.139 e. The van der Waals surface area contributed by atoms with Gasteiger partial charge in [0, 0.05) is 28.9 Å². The van der Waals surface area contributed by atoms with Gasteiger partial charge in [-0.15, -0.1) is 34.0 Å². The summed E-state index contributed by atoms with van der Waals surface area (Å²) in [6.07, 6.45) is 0. The van der Waals surface area contributed by atoms with E-state index >= 15 is 0 Å². The summed E-state index contributed by atoms with van der Waals surface area (Å²) in [7, 11) is 0. The standard InChI is InChI=1S/C21H25BrS3/c1-11(2)15-8-12(3)19(23-15)20-14(22)10-16(24-20)18-13(4)9-17(25-18)21(5,6)7/h8-11H,1-7H3. The van der Waals surface area contributed by atoms with Gasteiger partial charge in [0.2, 0.25) is 0 Å². The second-order valence-corrected chi connectivity index (χ2v) is 12.0. The van der Waals surface area contributed by atoms with Crippen molar-refractivity contribution in [2.75, 3.05) is 0 Å². The van der Waals surface area contributed by atoms with Gasteiger partial charge in [-0.1, -0.05) is 34.6 Å². The lowest BCUT2D eigenvalue weighted by Crippen LogP contribution is -2.07. The summed E-state index contributed by atoms with van der Waals surface area (Å²) < 4.78 is 1.22. The third-order valence-corrected chi connectivity index (χ3v) is 9.85. The van der Waals surface area contributed by atoms with Crippen LogP contribution in [0, 0.1) is 13.8 Å². The van der Waals surface area contributed by atoms with E-state index in [9.17, 15) is 0 Å². The maximum atomic E-state index is 3.82. The van der Waals surface area contributed by atoms with Crippen LogP contribution in [0.25, 0.3) is 19.5 Å². The molecule has 0 amide bonds. The van der Waals surface area contributed by atoms with Crippen LogP contribution in [0.5, 0.6) is 0 Å². The van der Waals surface area contributed by atoms with E-state index in [0.717, 1.165) is 0 Å². The molecule has 0 aliphatic heterocycles. The predicted octanol–water partition coefficient (Wildman–Crippen LogP) is 9.01. The van der Waals surface area contributed by atoms with Gasteiger partial charge < -0.3 is 0 Å². The Morgan fingerprint density at radius 1 is 0.840 bits per heavy atom. The van der Waals surface area contributed by atoms with Crippen LogP contribution in [-0.4, -0.2) is 0 Å². The first-order valence-electron chi connectivity index (χ1n) is 8.59. The first kappa shape index (κ1) is 19.3. The molecule has 0 fully saturated rings. The van der Waals surface area contributed by atoms with Gasteiger partial charge >= 0.3 is 0 Å². The highest BCUT2D eigenvalue weighted by Gasteiger charge is 2.22. The zero-order valence-corrected chi connectivity index (χ0v) is 19.9. The molecular weight excluding hydrogens is 428 g/mol. The summed E-state index contributed by atoms with van der Waals surface area (Å²) in [6.45, 7) is 15.9. The highest BCUT2D eigenvalue weighted by Crippen LogP contribution is 2.48. The molecule has 3 aromatic heterocycles. The molecule has 0 N–H and O–H groups in total. The van der Waals surface area contributed by atoms with Crippen LogP contribution in [0.15, 0.2) is 22.7 Å². The second kappa shape index (κ2) is 6.95. The van der Waals surface area contributed by atoms with Crippen molar-refractivity contribution in [2.45, 2.75) is 59.8 Å². The molecule has 0 nitrogen and oxygen atoms in total. The van der Waals surface area contributed by atoms with Gasteiger partial charge in [-0.25, -0.2) is 0 Å². The Balaban J connectivity index is 2.06. The predicted molar refractivity (Wildman–Crippen MR) is 121 cm³/mol. The lowest BCUT2D eigenvalue weighted by Gasteiger charge is -2.15. The van der Waals surface area contributed by atoms with Crippen molar-refractivity contribution in [3.8, 4) is 19.5 Å². The minimum atomic E-state index is 0.210. The van der Waals surface area contributed by atoms with E-state index in [2.05, 4.69) is 82.6 Å². The average Bonchev–Trinajstić information content (AvgIpc) is 3.15. The molecule has 3 heterocycles. The molecular formula is C21H25BrS3. The van der Waals surface area contributed by atoms with Gasteiger partial charge in [-0.2, -0.15) is 0 Å². The minimum absolute atomic E-state index is 0.210. The first-order chi connectivity index (χ1) is 11.6. The molecule has 0 aliphatic rings. The molecule has 134 valence electrons. The van der Waals surface area contributed by atoms with Gasteiger partial charge in [0.1, 0.15) is 0 Å². The van der Waals surface area contributed by atoms with Crippen molar-refractivity contribution in [3.63, 3.8) is 0 Å². The van der Waals surface area contributed by atoms with Gasteiger partial charge in [-0.05, 0) is 70.4 Å². The summed E-state index contributed by atoms with van der Waals surface area (Å²) in [4.78, 5) is 8.50. The van der Waals surface area contributed by atoms with Gasteiger partial charge in [0.05, 0.1) is 4.88 Å². The van der Waals surface area contributed by atoms with E-state index in [4.69, 9.17) is 0 Å². The van der Waals surface area contributed by atoms with Crippen molar-refractivity contribution in [2.24, 2.45) is 0 Å². The summed E-state index contributed by atoms with van der Waals surface area (Å²) >= 11 is 9.63. The van der Waals surface area contributed by atoms with Crippen molar-refractivity contribution < 1.29 is 0 Å². The first-order valence-corrected chi connectivity index (χ1v) is 11.8. The normalized spacial score (nSPS) is 12.4. The van der Waals surface area contributed by atoms with E-state index in [-0.39, 0.29) is 5.41 Å². The van der Waals surface area contributed by atoms with E-state index in [0.29, 0.717) is 5.92 Å². The molecule has 3 aromatic rings. The Labute approximate surface area is 172 Å². The Morgan fingerprint density at radius 2 is 1.48 bits per heavy atom. The summed E-state index contributed by atoms with van der Waals surface area (Å²) in [5.74, 6) is 0.588. The number of rotatable bonds is 3. The van der Waals surface area contributed by atoms with Crippen molar-refractivity contribution >= 4 is 49.9 Å². The van der Waals surface area contributed by atoms with Crippen LogP contribution in [0.2, 0.25) is 0 Å². The topological polar surface area (TPSA) is 0 Å². The third kappa shape index (κ3) is 3.83. The van der Waals surface area contributed by atoms with E-state index in [1.807, 2.05) is 34.0 Å². The maximum absolute atomic E-state index is 3.82. The molecule has 3 rings (SSSR count). The Morgan fingerprint density at radius 3 is 2.00 bits per heavy atom. The number of hydrogen-bond donors (Lipinski definition) is 0. The molecule has 0 aromatic carbocycles. The molecule has 4 heteroatoms. The average molecular weight is 454 g/mol. The van der Waals surface area contributed by atoms with Crippen LogP contribution in [0.1, 0.15) is 61.4 Å². The third-order valence-electron chi connectivity index (χ3n) is 4.28. The number of thiophene rings is 3. The fourth-order valence-electron chi connectivity index (χ4n) is 2.75. The zero-order chi connectivity index (χ0) is 18.5. The molecule has 0 saturated heterocycles. The van der Waals surface area contributed by atoms with Crippen LogP contribution < -0.4 is 0 Å². The lowest BCUT2D eigenvalue weighted by molar-refractivity contribution is 0.603. The number of aryl methyl sites for hydroxylation is 2. The van der Waals surface area contributed by atoms with Crippen molar-refractivity contribution in [1.82, 2.24) is 0 Å². The molecule has 0 aliphatic carbocycles. The van der Waals surface area contributed by atoms with Crippen molar-refractivity contribution in [1.29, 1.82) is 0 Å². The Hall–Kier alpha value is -0.420. The number of hydrogen-bond acceptors (Lipinski definition) is 3. The summed E-state index contributed by atoms with van der Waals surface area (Å²) in [5, 5.41) is 0. The molecule has 0 bridgehead atoms. The summed E-state index contributed by atoms with van der Waals surface area (Å²) in [6, 6.07) is 7.02. The smallest absolute Gasteiger partial charge is 0.0594 e. The highest BCUT2D eigenvalue weighted by atomic mass is 79.9. The SMILES string of the molecule is Cc1cc(C(C)(C)C)sc1-c1cc(Br)c(-c2sc(C(C)C)cc2C)s1. The highest BCUT2D eigenvalue weighted by molar-refractivity contribution is 9.10.